The van der Waals surface area contributed by atoms with Gasteiger partial charge in [0.2, 0.25) is 0 Å². The highest BCUT2D eigenvalue weighted by atomic mass is 16.5. The van der Waals surface area contributed by atoms with Crippen LogP contribution in [-0.4, -0.2) is 43.3 Å². The molecule has 4 aromatic rings. The van der Waals surface area contributed by atoms with Gasteiger partial charge in [-0.3, -0.25) is 0 Å². The van der Waals surface area contributed by atoms with Gasteiger partial charge >= 0.3 is 0 Å². The van der Waals surface area contributed by atoms with E-state index in [1.165, 1.54) is 11.1 Å². The van der Waals surface area contributed by atoms with Crippen LogP contribution in [0.4, 0.5) is 5.69 Å². The minimum Gasteiger partial charge on any atom is -0.497 e. The first-order chi connectivity index (χ1) is 16.5. The molecule has 0 radical (unpaired) electrons. The summed E-state index contributed by atoms with van der Waals surface area (Å²) in [4.78, 5) is 11.1. The maximum Gasteiger partial charge on any atom is 0.140 e. The SMILES string of the molecule is COc1cc(OC)cc(-c2cccc(-c3nc4c(C)cc(C)cc4[nH]3)c2N2CCC(N)CC2)c1. The smallest absolute Gasteiger partial charge is 0.140 e. The second kappa shape index (κ2) is 9.03. The molecule has 1 saturated heterocycles. The number of imidazole rings is 1. The Hall–Kier alpha value is -3.51. The number of benzene rings is 3. The summed E-state index contributed by atoms with van der Waals surface area (Å²) in [5.41, 5.74) is 15.2. The number of aromatic amines is 1. The summed E-state index contributed by atoms with van der Waals surface area (Å²) in [6.07, 6.45) is 1.93. The van der Waals surface area contributed by atoms with Crippen molar-refractivity contribution in [2.24, 2.45) is 5.73 Å². The number of nitrogens with one attached hydrogen (secondary N) is 1. The molecule has 1 aliphatic rings. The van der Waals surface area contributed by atoms with Crippen molar-refractivity contribution < 1.29 is 9.47 Å². The quantitative estimate of drug-likeness (QED) is 0.417. The molecule has 0 bridgehead atoms. The number of piperidine rings is 1. The molecule has 6 nitrogen and oxygen atoms in total. The van der Waals surface area contributed by atoms with E-state index in [2.05, 4.69) is 66.2 Å². The summed E-state index contributed by atoms with van der Waals surface area (Å²) in [6, 6.07) is 17.0. The van der Waals surface area contributed by atoms with Gasteiger partial charge < -0.3 is 25.1 Å². The number of ether oxygens (including phenoxy) is 2. The number of nitrogens with zero attached hydrogens (tertiary/aromatic N) is 2. The van der Waals surface area contributed by atoms with E-state index in [4.69, 9.17) is 20.2 Å². The standard InChI is InChI=1S/C28H32N4O2/c1-17-12-18(2)26-25(13-17)30-28(31-26)24-7-5-6-23(27(24)32-10-8-20(29)9-11-32)19-14-21(33-3)16-22(15-19)34-4/h5-7,12-16,20H,8-11,29H2,1-4H3,(H,30,31). The molecule has 176 valence electrons. The van der Waals surface area contributed by atoms with Gasteiger partial charge in [0.25, 0.3) is 0 Å². The predicted octanol–water partition coefficient (Wildman–Crippen LogP) is 5.46. The lowest BCUT2D eigenvalue weighted by atomic mass is 9.96. The average Bonchev–Trinajstić information content (AvgIpc) is 3.28. The van der Waals surface area contributed by atoms with Gasteiger partial charge in [0, 0.05) is 36.3 Å². The summed E-state index contributed by atoms with van der Waals surface area (Å²) < 4.78 is 11.1. The molecule has 3 N–H and O–H groups in total. The third-order valence-corrected chi connectivity index (χ3v) is 6.73. The number of anilines is 1. The van der Waals surface area contributed by atoms with Gasteiger partial charge in [0.15, 0.2) is 0 Å². The van der Waals surface area contributed by atoms with Crippen LogP contribution in [-0.2, 0) is 0 Å². The fourth-order valence-corrected chi connectivity index (χ4v) is 4.99. The van der Waals surface area contributed by atoms with Crippen molar-refractivity contribution in [1.29, 1.82) is 0 Å². The van der Waals surface area contributed by atoms with Crippen LogP contribution in [0, 0.1) is 13.8 Å². The number of H-pyrrole nitrogens is 1. The molecule has 0 spiro atoms. The molecule has 0 atom stereocenters. The lowest BCUT2D eigenvalue weighted by Gasteiger charge is -2.34. The molecule has 5 rings (SSSR count). The number of nitrogens with two attached hydrogens (primary N) is 1. The Morgan fingerprint density at radius 3 is 2.29 bits per heavy atom. The first-order valence-electron chi connectivity index (χ1n) is 11.8. The second-order valence-corrected chi connectivity index (χ2v) is 9.19. The van der Waals surface area contributed by atoms with Gasteiger partial charge in [-0.15, -0.1) is 0 Å². The van der Waals surface area contributed by atoms with E-state index in [0.717, 1.165) is 76.7 Å². The van der Waals surface area contributed by atoms with Crippen molar-refractivity contribution in [1.82, 2.24) is 9.97 Å². The number of hydrogen-bond acceptors (Lipinski definition) is 5. The number of aromatic nitrogens is 2. The van der Waals surface area contributed by atoms with Gasteiger partial charge in [-0.25, -0.2) is 4.98 Å². The number of rotatable bonds is 5. The number of para-hydroxylation sites is 1. The van der Waals surface area contributed by atoms with Crippen LogP contribution in [0.5, 0.6) is 11.5 Å². The van der Waals surface area contributed by atoms with Gasteiger partial charge in [-0.1, -0.05) is 18.2 Å². The molecule has 0 saturated carbocycles. The van der Waals surface area contributed by atoms with Crippen molar-refractivity contribution in [3.05, 3.63) is 59.7 Å². The zero-order valence-corrected chi connectivity index (χ0v) is 20.3. The summed E-state index contributed by atoms with van der Waals surface area (Å²) in [7, 11) is 3.36. The third kappa shape index (κ3) is 4.10. The molecule has 0 unspecified atom stereocenters. The maximum atomic E-state index is 6.25. The largest absolute Gasteiger partial charge is 0.497 e. The van der Waals surface area contributed by atoms with Crippen molar-refractivity contribution in [2.75, 3.05) is 32.2 Å². The second-order valence-electron chi connectivity index (χ2n) is 9.19. The van der Waals surface area contributed by atoms with Crippen LogP contribution >= 0.6 is 0 Å². The van der Waals surface area contributed by atoms with Crippen LogP contribution in [0.25, 0.3) is 33.5 Å². The fourth-order valence-electron chi connectivity index (χ4n) is 4.99. The first-order valence-corrected chi connectivity index (χ1v) is 11.8. The van der Waals surface area contributed by atoms with Gasteiger partial charge in [-0.2, -0.15) is 0 Å². The Kier molecular flexibility index (Phi) is 5.92. The van der Waals surface area contributed by atoms with E-state index in [9.17, 15) is 0 Å². The van der Waals surface area contributed by atoms with Crippen LogP contribution in [0.1, 0.15) is 24.0 Å². The molecule has 1 aliphatic heterocycles. The van der Waals surface area contributed by atoms with Crippen molar-refractivity contribution in [2.45, 2.75) is 32.7 Å². The highest BCUT2D eigenvalue weighted by molar-refractivity contribution is 5.92. The molecule has 6 heteroatoms. The van der Waals surface area contributed by atoms with Crippen molar-refractivity contribution >= 4 is 16.7 Å². The Morgan fingerprint density at radius 1 is 0.941 bits per heavy atom. The van der Waals surface area contributed by atoms with E-state index in [1.807, 2.05) is 6.07 Å². The number of methoxy groups -OCH3 is 2. The van der Waals surface area contributed by atoms with E-state index in [1.54, 1.807) is 14.2 Å². The lowest BCUT2D eigenvalue weighted by molar-refractivity contribution is 0.394. The molecule has 3 aromatic carbocycles. The fraction of sp³-hybridized carbons (Fsp3) is 0.321. The molecule has 34 heavy (non-hydrogen) atoms. The van der Waals surface area contributed by atoms with Crippen LogP contribution < -0.4 is 20.1 Å². The van der Waals surface area contributed by atoms with Crippen molar-refractivity contribution in [3.8, 4) is 34.0 Å². The van der Waals surface area contributed by atoms with E-state index < -0.39 is 0 Å². The Labute approximate surface area is 200 Å². The monoisotopic (exact) mass is 456 g/mol. The third-order valence-electron chi connectivity index (χ3n) is 6.73. The molecular formula is C28H32N4O2. The number of fused-ring (bicyclic) bond motifs is 1. The Morgan fingerprint density at radius 2 is 1.62 bits per heavy atom. The normalized spacial score (nSPS) is 14.6. The van der Waals surface area contributed by atoms with Gasteiger partial charge in [0.05, 0.1) is 30.9 Å². The molecule has 2 heterocycles. The van der Waals surface area contributed by atoms with Crippen LogP contribution in [0.15, 0.2) is 48.5 Å². The summed E-state index contributed by atoms with van der Waals surface area (Å²) in [5, 5.41) is 0. The average molecular weight is 457 g/mol. The highest BCUT2D eigenvalue weighted by Crippen LogP contribution is 2.42. The highest BCUT2D eigenvalue weighted by Gasteiger charge is 2.24. The molecule has 0 amide bonds. The first kappa shape index (κ1) is 22.3. The van der Waals surface area contributed by atoms with E-state index in [0.29, 0.717) is 0 Å². The molecule has 1 aromatic heterocycles. The Bertz CT molecular complexity index is 1310. The maximum absolute atomic E-state index is 6.25. The van der Waals surface area contributed by atoms with Crippen molar-refractivity contribution in [3.63, 3.8) is 0 Å². The zero-order chi connectivity index (χ0) is 23.8. The lowest BCUT2D eigenvalue weighted by Crippen LogP contribution is -2.40. The molecule has 1 fully saturated rings. The predicted molar refractivity (Wildman–Crippen MR) is 139 cm³/mol. The minimum atomic E-state index is 0.251. The molecular weight excluding hydrogens is 424 g/mol. The minimum absolute atomic E-state index is 0.251. The zero-order valence-electron chi connectivity index (χ0n) is 20.3. The summed E-state index contributed by atoms with van der Waals surface area (Å²) in [5.74, 6) is 2.41. The molecule has 0 aliphatic carbocycles. The number of aryl methyl sites for hydroxylation is 2. The van der Waals surface area contributed by atoms with Gasteiger partial charge in [-0.05, 0) is 67.6 Å². The summed E-state index contributed by atoms with van der Waals surface area (Å²) in [6.45, 7) is 6.05. The van der Waals surface area contributed by atoms with E-state index >= 15 is 0 Å². The summed E-state index contributed by atoms with van der Waals surface area (Å²) >= 11 is 0. The van der Waals surface area contributed by atoms with Crippen LogP contribution in [0.3, 0.4) is 0 Å². The van der Waals surface area contributed by atoms with Crippen LogP contribution in [0.2, 0.25) is 0 Å². The Balaban J connectivity index is 1.73. The van der Waals surface area contributed by atoms with Gasteiger partial charge in [0.1, 0.15) is 17.3 Å². The topological polar surface area (TPSA) is 76.4 Å². The number of hydrogen-bond donors (Lipinski definition) is 2. The van der Waals surface area contributed by atoms with E-state index in [-0.39, 0.29) is 6.04 Å².